The minimum Gasteiger partial charge on any atom is -0.327 e. The molecular weight excluding hydrogens is 407 g/mol. The zero-order chi connectivity index (χ0) is 21.6. The van der Waals surface area contributed by atoms with Crippen LogP contribution in [-0.4, -0.2) is 25.9 Å². The highest BCUT2D eigenvalue weighted by molar-refractivity contribution is 5.92. The third kappa shape index (κ3) is 4.11. The highest BCUT2D eigenvalue weighted by atomic mass is 19.4. The van der Waals surface area contributed by atoms with Crippen molar-refractivity contribution in [3.05, 3.63) is 47.7 Å². The summed E-state index contributed by atoms with van der Waals surface area (Å²) >= 11 is 0. The number of nitrogens with zero attached hydrogens (tertiary/aromatic N) is 4. The molecule has 2 heterocycles. The van der Waals surface area contributed by atoms with Gasteiger partial charge in [-0.05, 0) is 24.3 Å². The minimum atomic E-state index is -4.78. The minimum absolute atomic E-state index is 0.0183. The average Bonchev–Trinajstić information content (AvgIpc) is 3.17. The number of nitrogens with two attached hydrogens (primary N) is 1. The Morgan fingerprint density at radius 2 is 1.79 bits per heavy atom. The van der Waals surface area contributed by atoms with Crippen molar-refractivity contribution in [2.24, 2.45) is 12.8 Å². The number of benzene rings is 1. The van der Waals surface area contributed by atoms with Crippen LogP contribution >= 0.6 is 0 Å². The first kappa shape index (κ1) is 20.8. The van der Waals surface area contributed by atoms with Crippen molar-refractivity contribution in [1.29, 1.82) is 0 Å². The van der Waals surface area contributed by atoms with Crippen LogP contribution in [0.3, 0.4) is 0 Å². The molecule has 0 atom stereocenters. The van der Waals surface area contributed by atoms with Gasteiger partial charge in [0.25, 0.3) is 0 Å². The first-order chi connectivity index (χ1) is 13.4. The molecule has 0 fully saturated rings. The van der Waals surface area contributed by atoms with Gasteiger partial charge in [0.1, 0.15) is 5.83 Å². The summed E-state index contributed by atoms with van der Waals surface area (Å²) < 4.78 is 94.8. The molecule has 2 aromatic heterocycles. The molecule has 3 aromatic rings. The predicted molar refractivity (Wildman–Crippen MR) is 90.2 cm³/mol. The number of halogens is 7. The van der Waals surface area contributed by atoms with E-state index in [1.807, 2.05) is 0 Å². The van der Waals surface area contributed by atoms with Crippen molar-refractivity contribution >= 4 is 11.0 Å². The molecule has 0 bridgehead atoms. The maximum atomic E-state index is 13.8. The molecule has 0 saturated heterocycles. The van der Waals surface area contributed by atoms with E-state index in [9.17, 15) is 30.7 Å². The number of fused-ring (bicyclic) bond motifs is 1. The molecule has 2 N–H and O–H groups in total. The van der Waals surface area contributed by atoms with Gasteiger partial charge in [0.2, 0.25) is 0 Å². The number of aromatic nitrogens is 4. The summed E-state index contributed by atoms with van der Waals surface area (Å²) in [5.74, 6) is -0.689. The lowest BCUT2D eigenvalue weighted by Gasteiger charge is -2.12. The molecule has 1 aromatic carbocycles. The van der Waals surface area contributed by atoms with Gasteiger partial charge in [-0.1, -0.05) is 0 Å². The second-order valence-electron chi connectivity index (χ2n) is 6.18. The summed E-state index contributed by atoms with van der Waals surface area (Å²) in [5, 5.41) is 3.33. The first-order valence-electron chi connectivity index (χ1n) is 8.14. The van der Waals surface area contributed by atoms with Gasteiger partial charge in [0.15, 0.2) is 5.69 Å². The number of alkyl halides is 6. The molecule has 156 valence electrons. The van der Waals surface area contributed by atoms with Gasteiger partial charge in [0.05, 0.1) is 35.2 Å². The van der Waals surface area contributed by atoms with Gasteiger partial charge in [-0.3, -0.25) is 4.68 Å². The summed E-state index contributed by atoms with van der Waals surface area (Å²) in [6.45, 7) is -0.527. The molecule has 0 aliphatic rings. The van der Waals surface area contributed by atoms with Gasteiger partial charge >= 0.3 is 12.4 Å². The quantitative estimate of drug-likeness (QED) is 0.640. The fourth-order valence-corrected chi connectivity index (χ4v) is 2.86. The van der Waals surface area contributed by atoms with E-state index in [4.69, 9.17) is 5.73 Å². The third-order valence-electron chi connectivity index (χ3n) is 4.16. The van der Waals surface area contributed by atoms with E-state index >= 15 is 0 Å². The number of aryl methyl sites for hydroxylation is 1. The molecule has 0 unspecified atom stereocenters. The van der Waals surface area contributed by atoms with Crippen molar-refractivity contribution in [3.8, 4) is 11.3 Å². The topological polar surface area (TPSA) is 61.7 Å². The molecule has 0 radical (unpaired) electrons. The van der Waals surface area contributed by atoms with Crippen LogP contribution in [0.4, 0.5) is 30.7 Å². The molecule has 3 rings (SSSR count). The highest BCUT2D eigenvalue weighted by Crippen LogP contribution is 2.38. The summed E-state index contributed by atoms with van der Waals surface area (Å²) in [6.07, 6.45) is -7.39. The zero-order valence-corrected chi connectivity index (χ0v) is 14.8. The maximum absolute atomic E-state index is 13.8. The normalized spacial score (nSPS) is 13.5. The van der Waals surface area contributed by atoms with Crippen molar-refractivity contribution in [1.82, 2.24) is 19.3 Å². The van der Waals surface area contributed by atoms with Crippen LogP contribution < -0.4 is 5.73 Å². The maximum Gasteiger partial charge on any atom is 0.435 e. The first-order valence-corrected chi connectivity index (χ1v) is 8.14. The summed E-state index contributed by atoms with van der Waals surface area (Å²) in [5.41, 5.74) is 2.32. The molecular formula is C17H14F7N5. The third-order valence-corrected chi connectivity index (χ3v) is 4.16. The lowest BCUT2D eigenvalue weighted by molar-refractivity contribution is -0.141. The average molecular weight is 421 g/mol. The van der Waals surface area contributed by atoms with Gasteiger partial charge in [0, 0.05) is 19.2 Å². The summed E-state index contributed by atoms with van der Waals surface area (Å²) in [4.78, 5) is 3.99. The van der Waals surface area contributed by atoms with Crippen molar-refractivity contribution in [2.45, 2.75) is 18.9 Å². The smallest absolute Gasteiger partial charge is 0.327 e. The van der Waals surface area contributed by atoms with Crippen LogP contribution in [0, 0.1) is 0 Å². The Hall–Kier alpha value is -2.89. The van der Waals surface area contributed by atoms with E-state index in [1.165, 1.54) is 7.05 Å². The number of hydrogen-bond acceptors (Lipinski definition) is 3. The van der Waals surface area contributed by atoms with E-state index in [0.29, 0.717) is 12.1 Å². The van der Waals surface area contributed by atoms with Crippen LogP contribution in [0.1, 0.15) is 11.3 Å². The zero-order valence-electron chi connectivity index (χ0n) is 14.8. The molecule has 29 heavy (non-hydrogen) atoms. The standard InChI is InChI=1S/C17H14F7N5/c1-28-12(6-14(27-28)17(22,23)24)11-4-9(16(19,20)21)5-13-15(11)26-8-29(13)7-10(18)2-3-25/h2,4-6,8H,3,7,25H2,1H3/b10-2-. The van der Waals surface area contributed by atoms with Gasteiger partial charge in [-0.2, -0.15) is 31.4 Å². The fraction of sp³-hybridized carbons (Fsp3) is 0.294. The van der Waals surface area contributed by atoms with Crippen molar-refractivity contribution < 1.29 is 30.7 Å². The van der Waals surface area contributed by atoms with Crippen LogP contribution in [0.15, 0.2) is 36.4 Å². The Morgan fingerprint density at radius 1 is 1.10 bits per heavy atom. The van der Waals surface area contributed by atoms with Crippen LogP contribution in [0.2, 0.25) is 0 Å². The highest BCUT2D eigenvalue weighted by Gasteiger charge is 2.36. The summed E-state index contributed by atoms with van der Waals surface area (Å²) in [7, 11) is 1.18. The largest absolute Gasteiger partial charge is 0.435 e. The predicted octanol–water partition coefficient (Wildman–Crippen LogP) is 4.29. The number of allylic oxidation sites excluding steroid dienone is 1. The van der Waals surface area contributed by atoms with Gasteiger partial charge in [-0.15, -0.1) is 0 Å². The Morgan fingerprint density at radius 3 is 2.34 bits per heavy atom. The Kier molecular flexibility index (Phi) is 5.15. The molecule has 0 spiro atoms. The van der Waals surface area contributed by atoms with Crippen LogP contribution in [0.25, 0.3) is 22.3 Å². The molecule has 0 aliphatic carbocycles. The van der Waals surface area contributed by atoms with E-state index in [0.717, 1.165) is 27.7 Å². The molecule has 5 nitrogen and oxygen atoms in total. The van der Waals surface area contributed by atoms with Gasteiger partial charge in [-0.25, -0.2) is 9.37 Å². The lowest BCUT2D eigenvalue weighted by atomic mass is 10.0. The second-order valence-corrected chi connectivity index (χ2v) is 6.18. The lowest BCUT2D eigenvalue weighted by Crippen LogP contribution is -2.07. The number of hydrogen-bond donors (Lipinski definition) is 1. The Balaban J connectivity index is 2.26. The van der Waals surface area contributed by atoms with E-state index in [1.54, 1.807) is 0 Å². The van der Waals surface area contributed by atoms with E-state index in [-0.39, 0.29) is 28.8 Å². The molecule has 0 saturated carbocycles. The van der Waals surface area contributed by atoms with Gasteiger partial charge < -0.3 is 10.3 Å². The Labute approximate surface area is 159 Å². The number of rotatable bonds is 4. The van der Waals surface area contributed by atoms with E-state index in [2.05, 4.69) is 10.1 Å². The molecule has 0 amide bonds. The SMILES string of the molecule is Cn1nc(C(F)(F)F)cc1-c1cc(C(F)(F)F)cc2c1ncn2C/C(F)=C/CN. The molecule has 12 heteroatoms. The monoisotopic (exact) mass is 421 g/mol. The molecule has 0 aliphatic heterocycles. The number of imidazole rings is 1. The van der Waals surface area contributed by atoms with Crippen LogP contribution in [0.5, 0.6) is 0 Å². The van der Waals surface area contributed by atoms with Crippen molar-refractivity contribution in [3.63, 3.8) is 0 Å². The van der Waals surface area contributed by atoms with E-state index < -0.39 is 36.0 Å². The van der Waals surface area contributed by atoms with Crippen LogP contribution in [-0.2, 0) is 25.9 Å². The van der Waals surface area contributed by atoms with Crippen molar-refractivity contribution in [2.75, 3.05) is 6.54 Å². The fourth-order valence-electron chi connectivity index (χ4n) is 2.86. The Bertz CT molecular complexity index is 1070. The second kappa shape index (κ2) is 7.17. The summed E-state index contributed by atoms with van der Waals surface area (Å²) in [6, 6.07) is 2.11.